The van der Waals surface area contributed by atoms with Crippen molar-refractivity contribution in [3.8, 4) is 0 Å². The number of hydrogen-bond donors (Lipinski definition) is 0. The predicted octanol–water partition coefficient (Wildman–Crippen LogP) is 1.09. The van der Waals surface area contributed by atoms with Crippen molar-refractivity contribution in [1.29, 1.82) is 0 Å². The van der Waals surface area contributed by atoms with E-state index in [1.165, 1.54) is 16.7 Å². The largest absolute Gasteiger partial charge is 0.334 e. The zero-order valence-electron chi connectivity index (χ0n) is 6.84. The van der Waals surface area contributed by atoms with Crippen molar-refractivity contribution < 1.29 is 4.92 Å². The van der Waals surface area contributed by atoms with Gasteiger partial charge in [0.15, 0.2) is 0 Å². The van der Waals surface area contributed by atoms with Gasteiger partial charge in [0.05, 0.1) is 4.92 Å². The van der Waals surface area contributed by atoms with Crippen LogP contribution in [0.1, 0.15) is 18.9 Å². The van der Waals surface area contributed by atoms with E-state index in [1.807, 2.05) is 0 Å². The Kier molecular flexibility index (Phi) is 1.65. The molecule has 0 atom stereocenters. The van der Waals surface area contributed by atoms with Crippen molar-refractivity contribution in [1.82, 2.24) is 4.57 Å². The van der Waals surface area contributed by atoms with Crippen LogP contribution in [0.15, 0.2) is 23.1 Å². The molecule has 1 heterocycles. The Hall–Kier alpha value is -1.65. The Morgan fingerprint density at radius 1 is 1.54 bits per heavy atom. The molecule has 0 spiro atoms. The van der Waals surface area contributed by atoms with Gasteiger partial charge in [-0.2, -0.15) is 0 Å². The first kappa shape index (κ1) is 7.97. The van der Waals surface area contributed by atoms with Gasteiger partial charge in [0.25, 0.3) is 0 Å². The van der Waals surface area contributed by atoms with E-state index >= 15 is 0 Å². The highest BCUT2D eigenvalue weighted by Gasteiger charge is 2.26. The second kappa shape index (κ2) is 2.69. The molecule has 5 nitrogen and oxygen atoms in total. The van der Waals surface area contributed by atoms with Crippen molar-refractivity contribution in [2.24, 2.45) is 0 Å². The van der Waals surface area contributed by atoms with E-state index in [2.05, 4.69) is 0 Å². The maximum absolute atomic E-state index is 11.4. The van der Waals surface area contributed by atoms with Crippen LogP contribution in [0.3, 0.4) is 0 Å². The monoisotopic (exact) mass is 180 g/mol. The van der Waals surface area contributed by atoms with E-state index in [0.29, 0.717) is 0 Å². The zero-order chi connectivity index (χ0) is 9.42. The van der Waals surface area contributed by atoms with Gasteiger partial charge in [-0.05, 0) is 18.9 Å². The van der Waals surface area contributed by atoms with Crippen LogP contribution in [0.5, 0.6) is 0 Å². The Labute approximate surface area is 73.8 Å². The first-order chi connectivity index (χ1) is 6.20. The smallest absolute Gasteiger partial charge is 0.307 e. The van der Waals surface area contributed by atoms with Gasteiger partial charge < -0.3 is 4.57 Å². The minimum atomic E-state index is -0.638. The van der Waals surface area contributed by atoms with Crippen LogP contribution in [0.25, 0.3) is 0 Å². The van der Waals surface area contributed by atoms with Crippen LogP contribution < -0.4 is 5.56 Å². The summed E-state index contributed by atoms with van der Waals surface area (Å²) in [6.45, 7) is 0. The van der Waals surface area contributed by atoms with Crippen LogP contribution in [-0.2, 0) is 0 Å². The fourth-order valence-corrected chi connectivity index (χ4v) is 1.28. The number of hydrogen-bond acceptors (Lipinski definition) is 3. The summed E-state index contributed by atoms with van der Waals surface area (Å²) in [7, 11) is 0. The van der Waals surface area contributed by atoms with E-state index in [0.717, 1.165) is 12.8 Å². The fourth-order valence-electron chi connectivity index (χ4n) is 1.28. The second-order valence-corrected chi connectivity index (χ2v) is 3.09. The molecule has 0 bridgehead atoms. The van der Waals surface area contributed by atoms with Crippen LogP contribution in [0, 0.1) is 10.1 Å². The van der Waals surface area contributed by atoms with E-state index in [1.54, 1.807) is 6.20 Å². The third kappa shape index (κ3) is 1.32. The van der Waals surface area contributed by atoms with E-state index < -0.39 is 10.5 Å². The normalized spacial score (nSPS) is 15.7. The van der Waals surface area contributed by atoms with E-state index in [4.69, 9.17) is 0 Å². The molecule has 0 saturated heterocycles. The predicted molar refractivity (Wildman–Crippen MR) is 45.6 cm³/mol. The molecule has 68 valence electrons. The lowest BCUT2D eigenvalue weighted by atomic mass is 10.4. The maximum Gasteiger partial charge on any atom is 0.334 e. The van der Waals surface area contributed by atoms with Crippen LogP contribution in [0.4, 0.5) is 5.69 Å². The van der Waals surface area contributed by atoms with Crippen molar-refractivity contribution in [3.63, 3.8) is 0 Å². The number of rotatable bonds is 2. The summed E-state index contributed by atoms with van der Waals surface area (Å²) in [5, 5.41) is 10.4. The molecule has 0 aromatic carbocycles. The van der Waals surface area contributed by atoms with Crippen molar-refractivity contribution >= 4 is 5.69 Å². The highest BCUT2D eigenvalue weighted by atomic mass is 16.6. The zero-order valence-corrected chi connectivity index (χ0v) is 6.84. The number of pyridine rings is 1. The van der Waals surface area contributed by atoms with Gasteiger partial charge in [-0.3, -0.25) is 14.9 Å². The summed E-state index contributed by atoms with van der Waals surface area (Å²) in [4.78, 5) is 21.2. The van der Waals surface area contributed by atoms with Gasteiger partial charge in [-0.15, -0.1) is 0 Å². The average Bonchev–Trinajstić information content (AvgIpc) is 2.87. The molecule has 0 amide bonds. The van der Waals surface area contributed by atoms with Gasteiger partial charge in [0.2, 0.25) is 0 Å². The van der Waals surface area contributed by atoms with Crippen LogP contribution in [0.2, 0.25) is 0 Å². The summed E-state index contributed by atoms with van der Waals surface area (Å²) >= 11 is 0. The molecule has 0 N–H and O–H groups in total. The summed E-state index contributed by atoms with van der Waals surface area (Å²) in [5.41, 5.74) is -0.829. The van der Waals surface area contributed by atoms with Crippen molar-refractivity contribution in [3.05, 3.63) is 38.8 Å². The molecule has 1 aromatic rings. The molecule has 13 heavy (non-hydrogen) atoms. The molecular formula is C8H8N2O3. The van der Waals surface area contributed by atoms with Crippen molar-refractivity contribution in [2.75, 3.05) is 0 Å². The number of nitrogens with zero attached hydrogens (tertiary/aromatic N) is 2. The molecule has 1 fully saturated rings. The summed E-state index contributed by atoms with van der Waals surface area (Å²) in [6, 6.07) is 2.96. The van der Waals surface area contributed by atoms with Gasteiger partial charge in [-0.1, -0.05) is 0 Å². The molecular weight excluding hydrogens is 172 g/mol. The highest BCUT2D eigenvalue weighted by molar-refractivity contribution is 5.25. The molecule has 0 aliphatic heterocycles. The first-order valence-corrected chi connectivity index (χ1v) is 4.05. The fraction of sp³-hybridized carbons (Fsp3) is 0.375. The number of nitro groups is 1. The standard InChI is InChI=1S/C8H8N2O3/c11-8-7(10(12)13)2-1-5-9(8)6-3-4-6/h1-2,5-6H,3-4H2. The van der Waals surface area contributed by atoms with Gasteiger partial charge in [0.1, 0.15) is 0 Å². The number of aromatic nitrogens is 1. The Morgan fingerprint density at radius 3 is 2.77 bits per heavy atom. The lowest BCUT2D eigenvalue weighted by Gasteiger charge is -2.00. The Balaban J connectivity index is 2.54. The molecule has 1 aromatic heterocycles. The summed E-state index contributed by atoms with van der Waals surface area (Å²) in [6.07, 6.45) is 3.50. The quantitative estimate of drug-likeness (QED) is 0.505. The molecule has 0 unspecified atom stereocenters. The minimum Gasteiger partial charge on any atom is -0.307 e. The molecule has 1 aliphatic carbocycles. The molecule has 2 rings (SSSR count). The molecule has 1 aliphatic rings. The first-order valence-electron chi connectivity index (χ1n) is 4.05. The third-order valence-electron chi connectivity index (χ3n) is 2.09. The summed E-state index contributed by atoms with van der Waals surface area (Å²) in [5.74, 6) is 0. The third-order valence-corrected chi connectivity index (χ3v) is 2.09. The SMILES string of the molecule is O=c1c([N+](=O)[O-])cccn1C1CC1. The minimum absolute atomic E-state index is 0.187. The van der Waals surface area contributed by atoms with Crippen LogP contribution >= 0.6 is 0 Å². The summed E-state index contributed by atoms with van der Waals surface area (Å²) < 4.78 is 1.44. The lowest BCUT2D eigenvalue weighted by molar-refractivity contribution is -0.386. The Morgan fingerprint density at radius 2 is 2.23 bits per heavy atom. The maximum atomic E-state index is 11.4. The highest BCUT2D eigenvalue weighted by Crippen LogP contribution is 2.33. The van der Waals surface area contributed by atoms with E-state index in [9.17, 15) is 14.9 Å². The topological polar surface area (TPSA) is 65.1 Å². The molecule has 5 heteroatoms. The van der Waals surface area contributed by atoms with Gasteiger partial charge >= 0.3 is 11.2 Å². The Bertz CT molecular complexity index is 406. The van der Waals surface area contributed by atoms with Crippen LogP contribution in [-0.4, -0.2) is 9.49 Å². The van der Waals surface area contributed by atoms with Gasteiger partial charge in [-0.25, -0.2) is 0 Å². The second-order valence-electron chi connectivity index (χ2n) is 3.09. The van der Waals surface area contributed by atoms with Crippen molar-refractivity contribution in [2.45, 2.75) is 18.9 Å². The molecule has 0 radical (unpaired) electrons. The lowest BCUT2D eigenvalue weighted by Crippen LogP contribution is -2.20. The van der Waals surface area contributed by atoms with Gasteiger partial charge in [0, 0.05) is 18.3 Å². The van der Waals surface area contributed by atoms with E-state index in [-0.39, 0.29) is 11.7 Å². The molecule has 1 saturated carbocycles. The average molecular weight is 180 g/mol.